The molecule has 2 aromatic carbocycles. The zero-order chi connectivity index (χ0) is 18.7. The number of hydrogen-bond acceptors (Lipinski definition) is 3. The molecule has 3 amide bonds. The summed E-state index contributed by atoms with van der Waals surface area (Å²) in [6.45, 7) is 4.54. The molecule has 1 saturated heterocycles. The third kappa shape index (κ3) is 3.74. The molecule has 0 bridgehead atoms. The van der Waals surface area contributed by atoms with Crippen molar-refractivity contribution in [1.82, 2.24) is 0 Å². The summed E-state index contributed by atoms with van der Waals surface area (Å²) in [6, 6.07) is 12.4. The first-order chi connectivity index (χ1) is 12.5. The molecular formula is C20H21N3O3. The maximum absolute atomic E-state index is 12.1. The largest absolute Gasteiger partial charge is 0.318 e. The number of benzene rings is 2. The average molecular weight is 351 g/mol. The van der Waals surface area contributed by atoms with E-state index in [1.807, 2.05) is 26.0 Å². The normalized spacial score (nSPS) is 13.6. The smallest absolute Gasteiger partial charge is 0.314 e. The fraction of sp³-hybridized carbons (Fsp3) is 0.250. The van der Waals surface area contributed by atoms with Crippen LogP contribution in [-0.4, -0.2) is 24.3 Å². The van der Waals surface area contributed by atoms with E-state index in [-0.39, 0.29) is 5.91 Å². The number of anilines is 3. The van der Waals surface area contributed by atoms with Gasteiger partial charge < -0.3 is 15.5 Å². The lowest BCUT2D eigenvalue weighted by molar-refractivity contribution is -0.133. The molecule has 1 heterocycles. The molecule has 134 valence electrons. The van der Waals surface area contributed by atoms with Gasteiger partial charge in [-0.2, -0.15) is 0 Å². The second kappa shape index (κ2) is 7.39. The number of carbonyl (C=O) groups is 3. The van der Waals surface area contributed by atoms with Crippen molar-refractivity contribution < 1.29 is 14.4 Å². The number of nitrogens with one attached hydrogen (secondary N) is 2. The standard InChI is InChI=1S/C20H21N3O3/c1-13-5-3-6-17(14(13)2)22-20(26)19(25)21-15-8-10-16(11-9-15)23-12-4-7-18(23)24/h3,5-6,8-11H,4,7,12H2,1-2H3,(H,21,25)(H,22,26). The van der Waals surface area contributed by atoms with Gasteiger partial charge in [-0.1, -0.05) is 12.1 Å². The lowest BCUT2D eigenvalue weighted by Crippen LogP contribution is -2.29. The number of hydrogen-bond donors (Lipinski definition) is 2. The molecule has 6 heteroatoms. The first-order valence-corrected chi connectivity index (χ1v) is 8.54. The molecule has 2 N–H and O–H groups in total. The minimum atomic E-state index is -0.740. The van der Waals surface area contributed by atoms with E-state index in [0.29, 0.717) is 24.3 Å². The van der Waals surface area contributed by atoms with Crippen molar-refractivity contribution in [2.75, 3.05) is 22.1 Å². The molecule has 2 aromatic rings. The lowest BCUT2D eigenvalue weighted by Gasteiger charge is -2.16. The Hall–Kier alpha value is -3.15. The topological polar surface area (TPSA) is 78.5 Å². The average Bonchev–Trinajstić information content (AvgIpc) is 3.05. The monoisotopic (exact) mass is 351 g/mol. The van der Waals surface area contributed by atoms with Crippen molar-refractivity contribution in [3.8, 4) is 0 Å². The molecule has 1 fully saturated rings. The van der Waals surface area contributed by atoms with E-state index in [1.165, 1.54) is 0 Å². The number of amides is 3. The summed E-state index contributed by atoms with van der Waals surface area (Å²) in [7, 11) is 0. The van der Waals surface area contributed by atoms with E-state index < -0.39 is 11.8 Å². The summed E-state index contributed by atoms with van der Waals surface area (Å²) >= 11 is 0. The third-order valence-corrected chi connectivity index (χ3v) is 4.57. The summed E-state index contributed by atoms with van der Waals surface area (Å²) in [5, 5.41) is 5.20. The first kappa shape index (κ1) is 17.7. The lowest BCUT2D eigenvalue weighted by atomic mass is 10.1. The number of aryl methyl sites for hydroxylation is 1. The SMILES string of the molecule is Cc1cccc(NC(=O)C(=O)Nc2ccc(N3CCCC3=O)cc2)c1C. The highest BCUT2D eigenvalue weighted by Crippen LogP contribution is 2.23. The van der Waals surface area contributed by atoms with Gasteiger partial charge in [-0.25, -0.2) is 0 Å². The van der Waals surface area contributed by atoms with Gasteiger partial charge in [0.25, 0.3) is 0 Å². The van der Waals surface area contributed by atoms with Crippen LogP contribution < -0.4 is 15.5 Å². The molecule has 1 aliphatic rings. The van der Waals surface area contributed by atoms with Gasteiger partial charge in [-0.05, 0) is 61.7 Å². The van der Waals surface area contributed by atoms with Crippen molar-refractivity contribution >= 4 is 34.8 Å². The van der Waals surface area contributed by atoms with Crippen LogP contribution in [0.5, 0.6) is 0 Å². The van der Waals surface area contributed by atoms with Crippen molar-refractivity contribution in [1.29, 1.82) is 0 Å². The Morgan fingerprint density at radius 3 is 2.31 bits per heavy atom. The summed E-state index contributed by atoms with van der Waals surface area (Å²) in [5.41, 5.74) is 3.88. The Morgan fingerprint density at radius 2 is 1.65 bits per heavy atom. The second-order valence-corrected chi connectivity index (χ2v) is 6.35. The predicted molar refractivity (Wildman–Crippen MR) is 101 cm³/mol. The van der Waals surface area contributed by atoms with Crippen LogP contribution in [0.1, 0.15) is 24.0 Å². The van der Waals surface area contributed by atoms with Crippen LogP contribution >= 0.6 is 0 Å². The molecule has 0 atom stereocenters. The highest BCUT2D eigenvalue weighted by molar-refractivity contribution is 6.43. The summed E-state index contributed by atoms with van der Waals surface area (Å²) in [4.78, 5) is 37.7. The number of nitrogens with zero attached hydrogens (tertiary/aromatic N) is 1. The van der Waals surface area contributed by atoms with E-state index in [9.17, 15) is 14.4 Å². The van der Waals surface area contributed by atoms with Crippen LogP contribution in [0.4, 0.5) is 17.1 Å². The van der Waals surface area contributed by atoms with Crippen molar-refractivity contribution in [2.45, 2.75) is 26.7 Å². The van der Waals surface area contributed by atoms with Gasteiger partial charge in [-0.15, -0.1) is 0 Å². The molecule has 0 spiro atoms. The van der Waals surface area contributed by atoms with E-state index in [2.05, 4.69) is 10.6 Å². The molecule has 3 rings (SSSR count). The number of carbonyl (C=O) groups excluding carboxylic acids is 3. The van der Waals surface area contributed by atoms with Gasteiger partial charge in [0, 0.05) is 30.0 Å². The Balaban J connectivity index is 1.63. The van der Waals surface area contributed by atoms with E-state index in [4.69, 9.17) is 0 Å². The van der Waals surface area contributed by atoms with Crippen molar-refractivity contribution in [2.24, 2.45) is 0 Å². The second-order valence-electron chi connectivity index (χ2n) is 6.35. The quantitative estimate of drug-likeness (QED) is 0.835. The fourth-order valence-electron chi connectivity index (χ4n) is 2.90. The van der Waals surface area contributed by atoms with E-state index in [1.54, 1.807) is 35.2 Å². The van der Waals surface area contributed by atoms with E-state index in [0.717, 1.165) is 23.2 Å². The Bertz CT molecular complexity index is 859. The van der Waals surface area contributed by atoms with Gasteiger partial charge in [0.2, 0.25) is 5.91 Å². The summed E-state index contributed by atoms with van der Waals surface area (Å²) < 4.78 is 0. The Labute approximate surface area is 152 Å². The number of rotatable bonds is 3. The zero-order valence-electron chi connectivity index (χ0n) is 14.8. The highest BCUT2D eigenvalue weighted by atomic mass is 16.2. The van der Waals surface area contributed by atoms with Gasteiger partial charge in [0.05, 0.1) is 0 Å². The molecule has 26 heavy (non-hydrogen) atoms. The van der Waals surface area contributed by atoms with Crippen LogP contribution in [-0.2, 0) is 14.4 Å². The van der Waals surface area contributed by atoms with Crippen molar-refractivity contribution in [3.05, 3.63) is 53.6 Å². The molecule has 0 saturated carbocycles. The minimum Gasteiger partial charge on any atom is -0.318 e. The fourth-order valence-corrected chi connectivity index (χ4v) is 2.90. The zero-order valence-corrected chi connectivity index (χ0v) is 14.8. The first-order valence-electron chi connectivity index (χ1n) is 8.54. The van der Waals surface area contributed by atoms with Crippen LogP contribution in [0, 0.1) is 13.8 Å². The molecule has 1 aliphatic heterocycles. The van der Waals surface area contributed by atoms with Gasteiger partial charge in [0.15, 0.2) is 0 Å². The maximum Gasteiger partial charge on any atom is 0.314 e. The maximum atomic E-state index is 12.1. The van der Waals surface area contributed by atoms with Gasteiger partial charge >= 0.3 is 11.8 Å². The Morgan fingerprint density at radius 1 is 0.962 bits per heavy atom. The predicted octanol–water partition coefficient (Wildman–Crippen LogP) is 3.01. The molecule has 0 unspecified atom stereocenters. The van der Waals surface area contributed by atoms with Gasteiger partial charge in [-0.3, -0.25) is 14.4 Å². The highest BCUT2D eigenvalue weighted by Gasteiger charge is 2.21. The summed E-state index contributed by atoms with van der Waals surface area (Å²) in [6.07, 6.45) is 1.42. The summed E-state index contributed by atoms with van der Waals surface area (Å²) in [5.74, 6) is -1.36. The van der Waals surface area contributed by atoms with Crippen LogP contribution in [0.25, 0.3) is 0 Å². The van der Waals surface area contributed by atoms with Crippen molar-refractivity contribution in [3.63, 3.8) is 0 Å². The third-order valence-electron chi connectivity index (χ3n) is 4.57. The molecule has 6 nitrogen and oxygen atoms in total. The van der Waals surface area contributed by atoms with Crippen LogP contribution in [0.2, 0.25) is 0 Å². The minimum absolute atomic E-state index is 0.106. The molecule has 0 radical (unpaired) electrons. The molecular weight excluding hydrogens is 330 g/mol. The van der Waals surface area contributed by atoms with Gasteiger partial charge in [0.1, 0.15) is 0 Å². The van der Waals surface area contributed by atoms with E-state index >= 15 is 0 Å². The van der Waals surface area contributed by atoms with Crippen LogP contribution in [0.3, 0.4) is 0 Å². The Kier molecular flexibility index (Phi) is 5.02. The molecule has 0 aromatic heterocycles. The molecule has 0 aliphatic carbocycles. The van der Waals surface area contributed by atoms with Crippen LogP contribution in [0.15, 0.2) is 42.5 Å².